The van der Waals surface area contributed by atoms with Crippen molar-refractivity contribution in [2.75, 3.05) is 18.0 Å². The number of rotatable bonds is 3. The molecule has 1 aliphatic carbocycles. The summed E-state index contributed by atoms with van der Waals surface area (Å²) in [6.45, 7) is 1.85. The lowest BCUT2D eigenvalue weighted by Gasteiger charge is -2.45. The first-order chi connectivity index (χ1) is 9.79. The van der Waals surface area contributed by atoms with Gasteiger partial charge in [0.05, 0.1) is 10.7 Å². The molecule has 1 aromatic rings. The molecule has 0 amide bonds. The molecule has 0 aromatic heterocycles. The molecule has 3 heteroatoms. The Balaban J connectivity index is 1.83. The van der Waals surface area contributed by atoms with Crippen LogP contribution in [0.4, 0.5) is 5.69 Å². The molecule has 0 bridgehead atoms. The smallest absolute Gasteiger partial charge is 0.0642 e. The summed E-state index contributed by atoms with van der Waals surface area (Å²) >= 11 is 6.55. The highest BCUT2D eigenvalue weighted by atomic mass is 35.5. The van der Waals surface area contributed by atoms with Crippen LogP contribution in [0.5, 0.6) is 0 Å². The van der Waals surface area contributed by atoms with Gasteiger partial charge in [-0.3, -0.25) is 0 Å². The van der Waals surface area contributed by atoms with Crippen LogP contribution in [0.2, 0.25) is 5.02 Å². The van der Waals surface area contributed by atoms with Gasteiger partial charge in [-0.1, -0.05) is 30.5 Å². The zero-order valence-corrected chi connectivity index (χ0v) is 12.9. The number of hydrogen-bond acceptors (Lipinski definition) is 2. The fourth-order valence-corrected chi connectivity index (χ4v) is 4.34. The highest BCUT2D eigenvalue weighted by Crippen LogP contribution is 2.40. The van der Waals surface area contributed by atoms with Gasteiger partial charge in [-0.2, -0.15) is 0 Å². The fourth-order valence-electron chi connectivity index (χ4n) is 4.03. The van der Waals surface area contributed by atoms with Crippen LogP contribution in [-0.4, -0.2) is 19.1 Å². The molecule has 110 valence electrons. The first-order valence-electron chi connectivity index (χ1n) is 8.04. The lowest BCUT2D eigenvalue weighted by atomic mass is 9.78. The first-order valence-corrected chi connectivity index (χ1v) is 8.42. The molecule has 2 atom stereocenters. The van der Waals surface area contributed by atoms with E-state index in [4.69, 9.17) is 17.3 Å². The van der Waals surface area contributed by atoms with Gasteiger partial charge in [-0.05, 0) is 62.3 Å². The van der Waals surface area contributed by atoms with E-state index in [0.29, 0.717) is 6.54 Å². The van der Waals surface area contributed by atoms with E-state index >= 15 is 0 Å². The van der Waals surface area contributed by atoms with Crippen LogP contribution in [0.3, 0.4) is 0 Å². The minimum Gasteiger partial charge on any atom is -0.367 e. The predicted molar refractivity (Wildman–Crippen MR) is 86.5 cm³/mol. The van der Waals surface area contributed by atoms with Gasteiger partial charge in [-0.15, -0.1) is 0 Å². The zero-order valence-electron chi connectivity index (χ0n) is 12.2. The Labute approximate surface area is 127 Å². The maximum atomic E-state index is 6.55. The van der Waals surface area contributed by atoms with Gasteiger partial charge in [0.15, 0.2) is 0 Å². The van der Waals surface area contributed by atoms with Crippen LogP contribution < -0.4 is 10.6 Å². The van der Waals surface area contributed by atoms with Crippen molar-refractivity contribution >= 4 is 17.3 Å². The topological polar surface area (TPSA) is 29.3 Å². The van der Waals surface area contributed by atoms with Gasteiger partial charge in [0.25, 0.3) is 0 Å². The van der Waals surface area contributed by atoms with Crippen LogP contribution in [0.1, 0.15) is 44.1 Å². The Morgan fingerprint density at radius 1 is 1.15 bits per heavy atom. The normalized spacial score (nSPS) is 26.4. The lowest BCUT2D eigenvalue weighted by Crippen LogP contribution is -2.47. The standard InChI is InChI=1S/C17H25ClN2/c18-15-12-13(9-10-19)7-8-17(15)20-11-3-5-14-4-1-2-6-16(14)20/h7-8,12,14,16H,1-6,9-11,19H2. The Hall–Kier alpha value is -0.730. The molecule has 3 rings (SSSR count). The number of fused-ring (bicyclic) bond motifs is 1. The van der Waals surface area contributed by atoms with Crippen LogP contribution in [0.15, 0.2) is 18.2 Å². The van der Waals surface area contributed by atoms with Crippen molar-refractivity contribution in [1.82, 2.24) is 0 Å². The number of halogens is 1. The third-order valence-electron chi connectivity index (χ3n) is 5.00. The van der Waals surface area contributed by atoms with Gasteiger partial charge in [0.1, 0.15) is 0 Å². The van der Waals surface area contributed by atoms with Crippen molar-refractivity contribution in [3.63, 3.8) is 0 Å². The Morgan fingerprint density at radius 3 is 2.75 bits per heavy atom. The van der Waals surface area contributed by atoms with E-state index in [2.05, 4.69) is 23.1 Å². The average Bonchev–Trinajstić information content (AvgIpc) is 2.47. The third-order valence-corrected chi connectivity index (χ3v) is 5.30. The summed E-state index contributed by atoms with van der Waals surface area (Å²) < 4.78 is 0. The van der Waals surface area contributed by atoms with Crippen LogP contribution in [-0.2, 0) is 6.42 Å². The summed E-state index contributed by atoms with van der Waals surface area (Å²) in [5.74, 6) is 0.886. The fraction of sp³-hybridized carbons (Fsp3) is 0.647. The SMILES string of the molecule is NCCc1ccc(N2CCCC3CCCCC32)c(Cl)c1. The number of nitrogens with zero attached hydrogens (tertiary/aromatic N) is 1. The number of piperidine rings is 1. The van der Waals surface area contributed by atoms with E-state index in [1.165, 1.54) is 49.8 Å². The van der Waals surface area contributed by atoms with Crippen molar-refractivity contribution in [2.45, 2.75) is 51.0 Å². The zero-order chi connectivity index (χ0) is 13.9. The summed E-state index contributed by atoms with van der Waals surface area (Å²) in [5.41, 5.74) is 8.11. The summed E-state index contributed by atoms with van der Waals surface area (Å²) in [6, 6.07) is 7.23. The molecule has 1 saturated carbocycles. The first kappa shape index (κ1) is 14.2. The predicted octanol–water partition coefficient (Wildman–Crippen LogP) is 4.00. The van der Waals surface area contributed by atoms with Crippen molar-refractivity contribution in [1.29, 1.82) is 0 Å². The molecule has 20 heavy (non-hydrogen) atoms. The molecule has 2 unspecified atom stereocenters. The maximum Gasteiger partial charge on any atom is 0.0642 e. The lowest BCUT2D eigenvalue weighted by molar-refractivity contribution is 0.244. The Morgan fingerprint density at radius 2 is 1.95 bits per heavy atom. The minimum atomic E-state index is 0.685. The number of anilines is 1. The average molecular weight is 293 g/mol. The quantitative estimate of drug-likeness (QED) is 0.912. The van der Waals surface area contributed by atoms with Gasteiger partial charge in [-0.25, -0.2) is 0 Å². The second kappa shape index (κ2) is 6.36. The highest BCUT2D eigenvalue weighted by molar-refractivity contribution is 6.33. The summed E-state index contributed by atoms with van der Waals surface area (Å²) in [4.78, 5) is 2.59. The van der Waals surface area contributed by atoms with Gasteiger partial charge >= 0.3 is 0 Å². The largest absolute Gasteiger partial charge is 0.367 e. The van der Waals surface area contributed by atoms with Crippen LogP contribution in [0.25, 0.3) is 0 Å². The van der Waals surface area contributed by atoms with E-state index in [0.717, 1.165) is 29.9 Å². The molecule has 1 aliphatic heterocycles. The summed E-state index contributed by atoms with van der Waals surface area (Å²) in [5, 5.41) is 0.905. The van der Waals surface area contributed by atoms with E-state index in [1.807, 2.05) is 0 Å². The number of benzene rings is 1. The van der Waals surface area contributed by atoms with E-state index in [1.54, 1.807) is 0 Å². The van der Waals surface area contributed by atoms with Crippen molar-refractivity contribution in [2.24, 2.45) is 11.7 Å². The van der Waals surface area contributed by atoms with E-state index in [9.17, 15) is 0 Å². The maximum absolute atomic E-state index is 6.55. The molecule has 2 fully saturated rings. The van der Waals surface area contributed by atoms with Crippen molar-refractivity contribution in [3.8, 4) is 0 Å². The van der Waals surface area contributed by atoms with Crippen LogP contribution >= 0.6 is 11.6 Å². The molecule has 2 aliphatic rings. The van der Waals surface area contributed by atoms with Gasteiger partial charge in [0, 0.05) is 12.6 Å². The molecule has 2 N–H and O–H groups in total. The Bertz CT molecular complexity index is 458. The second-order valence-electron chi connectivity index (χ2n) is 6.27. The molecule has 1 heterocycles. The van der Waals surface area contributed by atoms with Crippen molar-refractivity contribution < 1.29 is 0 Å². The van der Waals surface area contributed by atoms with E-state index < -0.39 is 0 Å². The molecule has 1 aromatic carbocycles. The monoisotopic (exact) mass is 292 g/mol. The second-order valence-corrected chi connectivity index (χ2v) is 6.68. The molecular formula is C17H25ClN2. The number of nitrogens with two attached hydrogens (primary N) is 1. The summed E-state index contributed by atoms with van der Waals surface area (Å²) in [6.07, 6.45) is 9.16. The number of hydrogen-bond donors (Lipinski definition) is 1. The Kier molecular flexibility index (Phi) is 4.52. The molecule has 0 radical (unpaired) electrons. The van der Waals surface area contributed by atoms with Crippen molar-refractivity contribution in [3.05, 3.63) is 28.8 Å². The highest BCUT2D eigenvalue weighted by Gasteiger charge is 2.33. The molecule has 2 nitrogen and oxygen atoms in total. The van der Waals surface area contributed by atoms with Crippen LogP contribution in [0, 0.1) is 5.92 Å². The molecule has 1 saturated heterocycles. The third kappa shape index (κ3) is 2.82. The van der Waals surface area contributed by atoms with Gasteiger partial charge in [0.2, 0.25) is 0 Å². The molecule has 0 spiro atoms. The minimum absolute atomic E-state index is 0.685. The van der Waals surface area contributed by atoms with E-state index in [-0.39, 0.29) is 0 Å². The molecular weight excluding hydrogens is 268 g/mol. The summed E-state index contributed by atoms with van der Waals surface area (Å²) in [7, 11) is 0. The van der Waals surface area contributed by atoms with Gasteiger partial charge < -0.3 is 10.6 Å².